The smallest absolute Gasteiger partial charge is 0.387 e. The lowest BCUT2D eigenvalue weighted by Gasteiger charge is -2.18. The van der Waals surface area contributed by atoms with E-state index in [1.54, 1.807) is 13.1 Å². The summed E-state index contributed by atoms with van der Waals surface area (Å²) in [7, 11) is 3.03. The molecule has 160 valence electrons. The highest BCUT2D eigenvalue weighted by Gasteiger charge is 2.21. The molecule has 0 N–H and O–H groups in total. The third-order valence-corrected chi connectivity index (χ3v) is 4.21. The number of alkyl halides is 2. The van der Waals surface area contributed by atoms with Gasteiger partial charge in [0, 0.05) is 31.8 Å². The second kappa shape index (κ2) is 9.67. The molecule has 0 fully saturated rings. The highest BCUT2D eigenvalue weighted by molar-refractivity contribution is 5.75. The Hall–Kier alpha value is -2.71. The Morgan fingerprint density at radius 1 is 1.28 bits per heavy atom. The van der Waals surface area contributed by atoms with Gasteiger partial charge in [0.05, 0.1) is 7.11 Å². The van der Waals surface area contributed by atoms with E-state index in [9.17, 15) is 13.6 Å². The molecule has 0 atom stereocenters. The van der Waals surface area contributed by atoms with Gasteiger partial charge in [-0.05, 0) is 24.1 Å². The molecule has 7 nitrogen and oxygen atoms in total. The number of benzene rings is 1. The highest BCUT2D eigenvalue weighted by atomic mass is 19.3. The van der Waals surface area contributed by atoms with Crippen molar-refractivity contribution in [1.29, 1.82) is 0 Å². The van der Waals surface area contributed by atoms with Crippen LogP contribution < -0.4 is 9.47 Å². The van der Waals surface area contributed by atoms with E-state index in [1.165, 1.54) is 24.1 Å². The van der Waals surface area contributed by atoms with Gasteiger partial charge < -0.3 is 18.9 Å². The lowest BCUT2D eigenvalue weighted by molar-refractivity contribution is -0.130. The Kier molecular flexibility index (Phi) is 7.53. The van der Waals surface area contributed by atoms with Gasteiger partial charge in [-0.15, -0.1) is 0 Å². The van der Waals surface area contributed by atoms with Gasteiger partial charge in [0.1, 0.15) is 0 Å². The van der Waals surface area contributed by atoms with E-state index >= 15 is 0 Å². The first kappa shape index (κ1) is 22.6. The topological polar surface area (TPSA) is 77.7 Å². The predicted molar refractivity (Wildman–Crippen MR) is 102 cm³/mol. The fourth-order valence-corrected chi connectivity index (χ4v) is 2.61. The lowest BCUT2D eigenvalue weighted by atomic mass is 9.96. The van der Waals surface area contributed by atoms with E-state index in [-0.39, 0.29) is 29.4 Å². The maximum atomic E-state index is 12.5. The number of hydrogen-bond acceptors (Lipinski definition) is 6. The molecule has 0 unspecified atom stereocenters. The Morgan fingerprint density at radius 3 is 2.59 bits per heavy atom. The van der Waals surface area contributed by atoms with Crippen LogP contribution >= 0.6 is 0 Å². The van der Waals surface area contributed by atoms with Gasteiger partial charge >= 0.3 is 6.61 Å². The van der Waals surface area contributed by atoms with Crippen LogP contribution in [0.15, 0.2) is 22.7 Å². The third-order valence-electron chi connectivity index (χ3n) is 4.21. The average Bonchev–Trinajstić information content (AvgIpc) is 3.10. The zero-order valence-corrected chi connectivity index (χ0v) is 17.4. The molecule has 0 aliphatic carbocycles. The Balaban J connectivity index is 1.88. The van der Waals surface area contributed by atoms with Crippen LogP contribution in [-0.4, -0.2) is 41.7 Å². The number of methoxy groups -OCH3 is 1. The van der Waals surface area contributed by atoms with Crippen molar-refractivity contribution in [2.45, 2.75) is 58.6 Å². The first-order valence-electron chi connectivity index (χ1n) is 9.29. The minimum absolute atomic E-state index is 0.0631. The molecule has 2 rings (SSSR count). The van der Waals surface area contributed by atoms with Crippen molar-refractivity contribution < 1.29 is 27.6 Å². The molecule has 0 spiro atoms. The quantitative estimate of drug-likeness (QED) is 0.622. The first-order chi connectivity index (χ1) is 13.6. The third kappa shape index (κ3) is 6.69. The summed E-state index contributed by atoms with van der Waals surface area (Å²) in [6.07, 6.45) is 1.38. The van der Waals surface area contributed by atoms with Crippen LogP contribution in [0.5, 0.6) is 11.5 Å². The van der Waals surface area contributed by atoms with Crippen LogP contribution in [0.4, 0.5) is 8.78 Å². The van der Waals surface area contributed by atoms with Gasteiger partial charge in [-0.25, -0.2) is 0 Å². The number of aryl methyl sites for hydroxylation is 1. The summed E-state index contributed by atoms with van der Waals surface area (Å²) in [6.45, 7) is 3.30. The fourth-order valence-electron chi connectivity index (χ4n) is 2.61. The van der Waals surface area contributed by atoms with E-state index in [1.807, 2.05) is 20.8 Å². The lowest BCUT2D eigenvalue weighted by Crippen LogP contribution is -2.26. The standard InChI is InChI=1S/C20H27F2N3O4/c1-20(2,3)18-23-16(29-24-18)7-6-8-17(26)25(4)12-13-9-10-14(27-5)15(11-13)28-19(21)22/h9-11,19H,6-8,12H2,1-5H3. The Bertz CT molecular complexity index is 818. The van der Waals surface area contributed by atoms with Crippen molar-refractivity contribution in [1.82, 2.24) is 15.0 Å². The molecule has 1 aromatic heterocycles. The first-order valence-corrected chi connectivity index (χ1v) is 9.29. The molecular weight excluding hydrogens is 384 g/mol. The van der Waals surface area contributed by atoms with Crippen molar-refractivity contribution in [3.05, 3.63) is 35.5 Å². The second-order valence-corrected chi connectivity index (χ2v) is 7.73. The maximum Gasteiger partial charge on any atom is 0.387 e. The van der Waals surface area contributed by atoms with Crippen LogP contribution in [-0.2, 0) is 23.2 Å². The highest BCUT2D eigenvalue weighted by Crippen LogP contribution is 2.30. The van der Waals surface area contributed by atoms with Gasteiger partial charge in [-0.1, -0.05) is 32.0 Å². The predicted octanol–water partition coefficient (Wildman–Crippen LogP) is 3.96. The van der Waals surface area contributed by atoms with Crippen molar-refractivity contribution in [2.75, 3.05) is 14.2 Å². The van der Waals surface area contributed by atoms with Crippen molar-refractivity contribution in [3.63, 3.8) is 0 Å². The minimum atomic E-state index is -2.96. The summed E-state index contributed by atoms with van der Waals surface area (Å²) in [5, 5.41) is 3.96. The van der Waals surface area contributed by atoms with E-state index in [0.29, 0.717) is 36.5 Å². The molecule has 0 radical (unpaired) electrons. The monoisotopic (exact) mass is 411 g/mol. The molecule has 29 heavy (non-hydrogen) atoms. The van der Waals surface area contributed by atoms with Gasteiger partial charge in [0.2, 0.25) is 11.8 Å². The van der Waals surface area contributed by atoms with Gasteiger partial charge in [0.25, 0.3) is 0 Å². The molecule has 1 aromatic carbocycles. The average molecular weight is 411 g/mol. The van der Waals surface area contributed by atoms with Crippen LogP contribution in [0, 0.1) is 0 Å². The molecule has 0 aliphatic rings. The number of amides is 1. The number of carbonyl (C=O) groups excluding carboxylic acids is 1. The number of ether oxygens (including phenoxy) is 2. The SMILES string of the molecule is COc1ccc(CN(C)C(=O)CCCc2nc(C(C)(C)C)no2)cc1OC(F)F. The number of nitrogens with zero attached hydrogens (tertiary/aromatic N) is 3. The summed E-state index contributed by atoms with van der Waals surface area (Å²) in [5.41, 5.74) is 0.465. The molecule has 2 aromatic rings. The molecule has 0 bridgehead atoms. The van der Waals surface area contributed by atoms with E-state index in [4.69, 9.17) is 9.26 Å². The second-order valence-electron chi connectivity index (χ2n) is 7.73. The number of rotatable bonds is 9. The number of aromatic nitrogens is 2. The normalized spacial score (nSPS) is 11.6. The van der Waals surface area contributed by atoms with Gasteiger partial charge in [-0.3, -0.25) is 4.79 Å². The number of carbonyl (C=O) groups is 1. The summed E-state index contributed by atoms with van der Waals surface area (Å²) in [5.74, 6) is 1.21. The van der Waals surface area contributed by atoms with Crippen molar-refractivity contribution >= 4 is 5.91 Å². The maximum absolute atomic E-state index is 12.5. The van der Waals surface area contributed by atoms with Crippen LogP contribution in [0.3, 0.4) is 0 Å². The zero-order chi connectivity index (χ0) is 21.6. The number of halogens is 2. The summed E-state index contributed by atoms with van der Waals surface area (Å²) in [6, 6.07) is 4.68. The summed E-state index contributed by atoms with van der Waals surface area (Å²) in [4.78, 5) is 18.3. The molecule has 1 amide bonds. The zero-order valence-electron chi connectivity index (χ0n) is 17.4. The minimum Gasteiger partial charge on any atom is -0.493 e. The molecule has 0 saturated carbocycles. The van der Waals surface area contributed by atoms with Crippen LogP contribution in [0.1, 0.15) is 50.9 Å². The van der Waals surface area contributed by atoms with Crippen LogP contribution in [0.25, 0.3) is 0 Å². The van der Waals surface area contributed by atoms with Gasteiger partial charge in [0.15, 0.2) is 17.3 Å². The van der Waals surface area contributed by atoms with E-state index in [0.717, 1.165) is 0 Å². The molecule has 0 aliphatic heterocycles. The largest absolute Gasteiger partial charge is 0.493 e. The Labute approximate surface area is 169 Å². The molecule has 9 heteroatoms. The molecule has 0 saturated heterocycles. The molecular formula is C20H27F2N3O4. The fraction of sp³-hybridized carbons (Fsp3) is 0.550. The van der Waals surface area contributed by atoms with E-state index < -0.39 is 6.61 Å². The Morgan fingerprint density at radius 2 is 2.00 bits per heavy atom. The van der Waals surface area contributed by atoms with Gasteiger partial charge in [-0.2, -0.15) is 13.8 Å². The number of hydrogen-bond donors (Lipinski definition) is 0. The van der Waals surface area contributed by atoms with E-state index in [2.05, 4.69) is 14.9 Å². The molecule has 1 heterocycles. The summed E-state index contributed by atoms with van der Waals surface area (Å²) >= 11 is 0. The summed E-state index contributed by atoms with van der Waals surface area (Å²) < 4.78 is 39.8. The van der Waals surface area contributed by atoms with Crippen molar-refractivity contribution in [3.8, 4) is 11.5 Å². The van der Waals surface area contributed by atoms with Crippen molar-refractivity contribution in [2.24, 2.45) is 0 Å². The van der Waals surface area contributed by atoms with Crippen LogP contribution in [0.2, 0.25) is 0 Å².